The summed E-state index contributed by atoms with van der Waals surface area (Å²) in [5, 5.41) is 23.6. The van der Waals surface area contributed by atoms with E-state index < -0.39 is 11.9 Å². The fourth-order valence-corrected chi connectivity index (χ4v) is 5.16. The van der Waals surface area contributed by atoms with Gasteiger partial charge in [0.25, 0.3) is 0 Å². The van der Waals surface area contributed by atoms with Crippen LogP contribution in [-0.2, 0) is 29.0 Å². The lowest BCUT2D eigenvalue weighted by Gasteiger charge is -2.20. The number of Topliss-reactive ketones (excluding diaryl/α,β-unsaturated/α-hetero) is 1. The van der Waals surface area contributed by atoms with Gasteiger partial charge in [0.15, 0.2) is 5.78 Å². The summed E-state index contributed by atoms with van der Waals surface area (Å²) >= 11 is 6.51. The van der Waals surface area contributed by atoms with Gasteiger partial charge in [-0.25, -0.2) is 0 Å². The molecule has 200 valence electrons. The molecule has 0 aromatic heterocycles. The number of carbonyl (C=O) groups is 3. The van der Waals surface area contributed by atoms with Crippen LogP contribution < -0.4 is 10.6 Å². The average Bonchev–Trinajstić information content (AvgIpc) is 3.14. The lowest BCUT2D eigenvalue weighted by Crippen LogP contribution is -2.16. The molecule has 8 heteroatoms. The Morgan fingerprint density at radius 2 is 1.54 bits per heavy atom. The van der Waals surface area contributed by atoms with Crippen LogP contribution in [-0.4, -0.2) is 41.0 Å². The summed E-state index contributed by atoms with van der Waals surface area (Å²) in [6.45, 7) is 2.71. The zero-order chi connectivity index (χ0) is 26.6. The van der Waals surface area contributed by atoms with Crippen LogP contribution in [0.5, 0.6) is 0 Å². The molecule has 1 aliphatic heterocycles. The fourth-order valence-electron chi connectivity index (χ4n) is 4.92. The number of hydrogen-bond donors (Lipinski definition) is 4. The number of halogens is 1. The molecule has 0 bridgehead atoms. The Morgan fingerprint density at radius 1 is 0.892 bits per heavy atom. The van der Waals surface area contributed by atoms with Gasteiger partial charge in [0.05, 0.1) is 23.6 Å². The molecule has 4 rings (SSSR count). The molecule has 7 nitrogen and oxygen atoms in total. The molecule has 1 saturated carbocycles. The summed E-state index contributed by atoms with van der Waals surface area (Å²) in [4.78, 5) is 31.9. The van der Waals surface area contributed by atoms with E-state index in [1.807, 2.05) is 18.2 Å². The predicted molar refractivity (Wildman–Crippen MR) is 146 cm³/mol. The van der Waals surface area contributed by atoms with E-state index >= 15 is 0 Å². The number of ketones is 1. The van der Waals surface area contributed by atoms with Crippen molar-refractivity contribution in [3.05, 3.63) is 63.7 Å². The summed E-state index contributed by atoms with van der Waals surface area (Å²) in [5.41, 5.74) is 5.79. The maximum Gasteiger partial charge on any atom is 0.303 e. The SMILES string of the molecule is O=C(CC1CCCCC1)c1ccc(CNc2c(Cl)ccc3c2CCNCC3)cc1.O=C(O)CCC(=O)O. The Bertz CT molecular complexity index is 1050. The molecule has 2 aromatic carbocycles. The lowest BCUT2D eigenvalue weighted by molar-refractivity contribution is -0.143. The Kier molecular flexibility index (Phi) is 11.4. The van der Waals surface area contributed by atoms with Crippen molar-refractivity contribution in [1.82, 2.24) is 5.32 Å². The molecule has 2 aromatic rings. The van der Waals surface area contributed by atoms with Crippen LogP contribution in [0.3, 0.4) is 0 Å². The van der Waals surface area contributed by atoms with Gasteiger partial charge in [-0.3, -0.25) is 14.4 Å². The van der Waals surface area contributed by atoms with Crippen LogP contribution in [0.25, 0.3) is 0 Å². The van der Waals surface area contributed by atoms with Crippen molar-refractivity contribution in [2.45, 2.75) is 70.8 Å². The second-order valence-electron chi connectivity index (χ2n) is 9.78. The Balaban J connectivity index is 0.000000414. The van der Waals surface area contributed by atoms with Crippen molar-refractivity contribution in [3.63, 3.8) is 0 Å². The van der Waals surface area contributed by atoms with E-state index in [0.29, 0.717) is 24.7 Å². The molecular formula is C29H37ClN2O5. The largest absolute Gasteiger partial charge is 0.481 e. The minimum Gasteiger partial charge on any atom is -0.481 e. The van der Waals surface area contributed by atoms with Gasteiger partial charge in [0.1, 0.15) is 0 Å². The number of rotatable bonds is 9. The van der Waals surface area contributed by atoms with Crippen LogP contribution in [0.1, 0.15) is 78.4 Å². The first-order chi connectivity index (χ1) is 17.8. The third kappa shape index (κ3) is 9.48. The molecule has 0 amide bonds. The van der Waals surface area contributed by atoms with Crippen molar-refractivity contribution in [2.75, 3.05) is 18.4 Å². The van der Waals surface area contributed by atoms with Crippen LogP contribution in [0.2, 0.25) is 5.02 Å². The summed E-state index contributed by atoms with van der Waals surface area (Å²) in [5.74, 6) is -1.28. The van der Waals surface area contributed by atoms with E-state index in [1.165, 1.54) is 48.8 Å². The molecule has 37 heavy (non-hydrogen) atoms. The quantitative estimate of drug-likeness (QED) is 0.307. The molecule has 0 radical (unpaired) electrons. The molecular weight excluding hydrogens is 492 g/mol. The standard InChI is InChI=1S/C25H31ClN2O.C4H6O4/c26-23-11-10-20-12-14-27-15-13-22(20)25(23)28-17-19-6-8-21(9-7-19)24(29)16-18-4-2-1-3-5-18;5-3(6)1-2-4(7)8/h6-11,18,27-28H,1-5,12-17H2;1-2H2,(H,5,6)(H,7,8). The maximum atomic E-state index is 12.6. The molecule has 0 atom stereocenters. The van der Waals surface area contributed by atoms with Gasteiger partial charge in [-0.15, -0.1) is 0 Å². The van der Waals surface area contributed by atoms with E-state index in [-0.39, 0.29) is 12.8 Å². The van der Waals surface area contributed by atoms with Gasteiger partial charge in [-0.1, -0.05) is 74.0 Å². The van der Waals surface area contributed by atoms with E-state index in [4.69, 9.17) is 21.8 Å². The summed E-state index contributed by atoms with van der Waals surface area (Å²) < 4.78 is 0. The van der Waals surface area contributed by atoms with Crippen molar-refractivity contribution < 1.29 is 24.6 Å². The smallest absolute Gasteiger partial charge is 0.303 e. The van der Waals surface area contributed by atoms with Gasteiger partial charge in [0.2, 0.25) is 0 Å². The molecule has 0 saturated heterocycles. The lowest BCUT2D eigenvalue weighted by atomic mass is 9.85. The number of anilines is 1. The molecule has 1 heterocycles. The van der Waals surface area contributed by atoms with Crippen molar-refractivity contribution in [3.8, 4) is 0 Å². The van der Waals surface area contributed by atoms with Crippen LogP contribution in [0.15, 0.2) is 36.4 Å². The maximum absolute atomic E-state index is 12.6. The number of fused-ring (bicyclic) bond motifs is 1. The number of aliphatic carboxylic acids is 2. The van der Waals surface area contributed by atoms with E-state index in [9.17, 15) is 14.4 Å². The second kappa shape index (κ2) is 14.7. The van der Waals surface area contributed by atoms with E-state index in [1.54, 1.807) is 0 Å². The molecule has 1 aliphatic carbocycles. The monoisotopic (exact) mass is 528 g/mol. The number of hydrogen-bond acceptors (Lipinski definition) is 5. The number of benzene rings is 2. The highest BCUT2D eigenvalue weighted by Crippen LogP contribution is 2.31. The highest BCUT2D eigenvalue weighted by Gasteiger charge is 2.18. The highest BCUT2D eigenvalue weighted by atomic mass is 35.5. The predicted octanol–water partition coefficient (Wildman–Crippen LogP) is 5.73. The molecule has 0 unspecified atom stereocenters. The number of carboxylic acids is 2. The minimum atomic E-state index is -1.08. The van der Waals surface area contributed by atoms with Crippen LogP contribution in [0, 0.1) is 5.92 Å². The number of nitrogens with one attached hydrogen (secondary N) is 2. The fraction of sp³-hybridized carbons (Fsp3) is 0.483. The topological polar surface area (TPSA) is 116 Å². The second-order valence-corrected chi connectivity index (χ2v) is 10.2. The Labute approximate surface area is 223 Å². The zero-order valence-electron chi connectivity index (χ0n) is 21.2. The van der Waals surface area contributed by atoms with Crippen LogP contribution in [0.4, 0.5) is 5.69 Å². The van der Waals surface area contributed by atoms with E-state index in [0.717, 1.165) is 42.2 Å². The van der Waals surface area contributed by atoms with Gasteiger partial charge in [-0.2, -0.15) is 0 Å². The summed E-state index contributed by atoms with van der Waals surface area (Å²) in [6, 6.07) is 12.3. The Morgan fingerprint density at radius 3 is 2.19 bits per heavy atom. The normalized spacial score (nSPS) is 15.5. The van der Waals surface area contributed by atoms with Crippen LogP contribution >= 0.6 is 11.6 Å². The third-order valence-electron chi connectivity index (χ3n) is 6.98. The zero-order valence-corrected chi connectivity index (χ0v) is 22.0. The van der Waals surface area contributed by atoms with Crippen molar-refractivity contribution >= 4 is 35.0 Å². The molecule has 2 aliphatic rings. The highest BCUT2D eigenvalue weighted by molar-refractivity contribution is 6.33. The summed E-state index contributed by atoms with van der Waals surface area (Å²) in [7, 11) is 0. The first-order valence-corrected chi connectivity index (χ1v) is 13.5. The minimum absolute atomic E-state index is 0.292. The number of carbonyl (C=O) groups excluding carboxylic acids is 1. The molecule has 0 spiro atoms. The van der Waals surface area contributed by atoms with Gasteiger partial charge in [0, 0.05) is 18.5 Å². The first kappa shape index (κ1) is 28.7. The van der Waals surface area contributed by atoms with Crippen molar-refractivity contribution in [1.29, 1.82) is 0 Å². The first-order valence-electron chi connectivity index (χ1n) is 13.1. The van der Waals surface area contributed by atoms with Gasteiger partial charge >= 0.3 is 11.9 Å². The summed E-state index contributed by atoms with van der Waals surface area (Å²) in [6.07, 6.45) is 8.47. The van der Waals surface area contributed by atoms with Gasteiger partial charge < -0.3 is 20.8 Å². The molecule has 1 fully saturated rings. The van der Waals surface area contributed by atoms with Gasteiger partial charge in [-0.05, 0) is 54.6 Å². The molecule has 4 N–H and O–H groups in total. The Hall–Kier alpha value is -2.90. The van der Waals surface area contributed by atoms with E-state index in [2.05, 4.69) is 28.8 Å². The average molecular weight is 529 g/mol. The number of carboxylic acid groups (broad SMARTS) is 2. The third-order valence-corrected chi connectivity index (χ3v) is 7.29. The van der Waals surface area contributed by atoms with Crippen molar-refractivity contribution in [2.24, 2.45) is 5.92 Å².